The highest BCUT2D eigenvalue weighted by molar-refractivity contribution is 14.1. The topological polar surface area (TPSA) is 12.0 Å². The van der Waals surface area contributed by atoms with Crippen LogP contribution in [-0.4, -0.2) is 21.1 Å². The molecule has 2 fully saturated rings. The third-order valence-electron chi connectivity index (χ3n) is 2.00. The van der Waals surface area contributed by atoms with Crippen molar-refractivity contribution in [2.45, 2.75) is 22.4 Å². The summed E-state index contributed by atoms with van der Waals surface area (Å²) in [6, 6.07) is 0.834. The molecule has 0 aromatic carbocycles. The van der Waals surface area contributed by atoms with Crippen LogP contribution in [-0.2, 0) is 0 Å². The molecule has 2 atom stereocenters. The number of halogens is 1. The van der Waals surface area contributed by atoms with Crippen LogP contribution in [0, 0.1) is 0 Å². The number of hydrogen-bond acceptors (Lipinski definition) is 2. The number of alkyl halides is 1. The summed E-state index contributed by atoms with van der Waals surface area (Å²) in [7, 11) is 0. The van der Waals surface area contributed by atoms with E-state index in [2.05, 4.69) is 39.7 Å². The number of hydrogen-bond donors (Lipinski definition) is 1. The minimum atomic E-state index is 0.478. The Morgan fingerprint density at radius 3 is 3.22 bits per heavy atom. The smallest absolute Gasteiger partial charge is 0.0799 e. The van der Waals surface area contributed by atoms with Crippen LogP contribution in [0.2, 0.25) is 0 Å². The zero-order valence-corrected chi connectivity index (χ0v) is 8.17. The first-order valence-corrected chi connectivity index (χ1v) is 5.56. The molecule has 2 aliphatic rings. The number of rotatable bonds is 0. The summed E-state index contributed by atoms with van der Waals surface area (Å²) in [5.74, 6) is 2.65. The maximum Gasteiger partial charge on any atom is 0.0799 e. The molecule has 3 heteroatoms. The minimum Gasteiger partial charge on any atom is -0.299 e. The minimum absolute atomic E-state index is 0.478. The molecule has 2 aliphatic heterocycles. The molecule has 9 heavy (non-hydrogen) atoms. The lowest BCUT2D eigenvalue weighted by Crippen LogP contribution is -2.44. The maximum absolute atomic E-state index is 3.63. The van der Waals surface area contributed by atoms with Gasteiger partial charge in [0.1, 0.15) is 0 Å². The number of fused-ring (bicyclic) bond motifs is 2. The van der Waals surface area contributed by atoms with Gasteiger partial charge in [-0.15, -0.1) is 0 Å². The van der Waals surface area contributed by atoms with Gasteiger partial charge in [-0.1, -0.05) is 22.6 Å². The molecule has 0 aliphatic carbocycles. The second kappa shape index (κ2) is 2.27. The van der Waals surface area contributed by atoms with Gasteiger partial charge in [0, 0.05) is 17.5 Å². The molecule has 2 saturated heterocycles. The van der Waals surface area contributed by atoms with E-state index in [1.165, 1.54) is 24.3 Å². The van der Waals surface area contributed by atoms with E-state index in [-0.39, 0.29) is 0 Å². The van der Waals surface area contributed by atoms with Gasteiger partial charge in [-0.05, 0) is 12.8 Å². The molecule has 1 nitrogen and oxygen atoms in total. The zero-order valence-electron chi connectivity index (χ0n) is 5.19. The Morgan fingerprint density at radius 2 is 2.56 bits per heavy atom. The largest absolute Gasteiger partial charge is 0.299 e. The van der Waals surface area contributed by atoms with Crippen LogP contribution in [0.3, 0.4) is 0 Å². The van der Waals surface area contributed by atoms with E-state index < -0.39 is 0 Å². The van der Waals surface area contributed by atoms with Crippen molar-refractivity contribution >= 4 is 34.4 Å². The third kappa shape index (κ3) is 1.24. The highest BCUT2D eigenvalue weighted by Crippen LogP contribution is 2.38. The molecular weight excluding hydrogens is 245 g/mol. The molecule has 2 bridgehead atoms. The predicted molar refractivity (Wildman–Crippen MR) is 50.2 cm³/mol. The van der Waals surface area contributed by atoms with Crippen LogP contribution in [0.5, 0.6) is 0 Å². The van der Waals surface area contributed by atoms with Crippen molar-refractivity contribution < 1.29 is 0 Å². The van der Waals surface area contributed by atoms with Gasteiger partial charge in [0.2, 0.25) is 0 Å². The van der Waals surface area contributed by atoms with E-state index in [1.54, 1.807) is 0 Å². The van der Waals surface area contributed by atoms with Crippen molar-refractivity contribution in [1.82, 2.24) is 5.32 Å². The quantitative estimate of drug-likeness (QED) is 0.401. The van der Waals surface area contributed by atoms with E-state index in [4.69, 9.17) is 0 Å². The van der Waals surface area contributed by atoms with Crippen LogP contribution in [0.4, 0.5) is 0 Å². The van der Waals surface area contributed by atoms with Crippen molar-refractivity contribution in [2.75, 3.05) is 11.5 Å². The monoisotopic (exact) mass is 255 g/mol. The van der Waals surface area contributed by atoms with Gasteiger partial charge in [-0.2, -0.15) is 11.8 Å². The van der Waals surface area contributed by atoms with E-state index in [1.807, 2.05) is 0 Å². The average Bonchev–Trinajstić information content (AvgIpc) is 2.07. The molecule has 52 valence electrons. The van der Waals surface area contributed by atoms with Gasteiger partial charge < -0.3 is 0 Å². The summed E-state index contributed by atoms with van der Waals surface area (Å²) in [4.78, 5) is 0. The fourth-order valence-corrected chi connectivity index (χ4v) is 4.13. The van der Waals surface area contributed by atoms with Gasteiger partial charge in [0.15, 0.2) is 0 Å². The SMILES string of the molecule is IC12CCC(CSC1)N2. The normalized spacial score (nSPS) is 49.7. The molecule has 0 amide bonds. The van der Waals surface area contributed by atoms with Gasteiger partial charge in [0.25, 0.3) is 0 Å². The first-order chi connectivity index (χ1) is 4.29. The van der Waals surface area contributed by atoms with Crippen molar-refractivity contribution in [1.29, 1.82) is 0 Å². The molecule has 1 N–H and O–H groups in total. The van der Waals surface area contributed by atoms with Crippen LogP contribution in [0.1, 0.15) is 12.8 Å². The Balaban J connectivity index is 2.13. The standard InChI is InChI=1S/C6H10INS/c7-6-2-1-5(8-6)3-9-4-6/h5,8H,1-4H2. The average molecular weight is 255 g/mol. The van der Waals surface area contributed by atoms with Crippen LogP contribution in [0.25, 0.3) is 0 Å². The predicted octanol–water partition coefficient (Wildman–Crippen LogP) is 1.62. The first kappa shape index (κ1) is 6.73. The lowest BCUT2D eigenvalue weighted by atomic mass is 10.2. The molecule has 0 saturated carbocycles. The van der Waals surface area contributed by atoms with Crippen LogP contribution < -0.4 is 5.32 Å². The third-order valence-corrected chi connectivity index (χ3v) is 5.09. The molecule has 0 aromatic heterocycles. The fourth-order valence-electron chi connectivity index (χ4n) is 1.51. The van der Waals surface area contributed by atoms with Crippen LogP contribution in [0.15, 0.2) is 0 Å². The molecule has 0 aromatic rings. The Kier molecular flexibility index (Phi) is 1.70. The Hall–Kier alpha value is 1.04. The van der Waals surface area contributed by atoms with E-state index >= 15 is 0 Å². The molecular formula is C6H10INS. The summed E-state index contributed by atoms with van der Waals surface area (Å²) in [5, 5.41) is 3.63. The second-order valence-corrected chi connectivity index (χ2v) is 5.96. The highest BCUT2D eigenvalue weighted by atomic mass is 127. The Labute approximate surface area is 73.5 Å². The fraction of sp³-hybridized carbons (Fsp3) is 1.00. The van der Waals surface area contributed by atoms with Gasteiger partial charge in [-0.3, -0.25) is 5.32 Å². The number of nitrogens with one attached hydrogen (secondary N) is 1. The molecule has 0 spiro atoms. The summed E-state index contributed by atoms with van der Waals surface area (Å²) < 4.78 is 0.478. The van der Waals surface area contributed by atoms with Crippen molar-refractivity contribution in [2.24, 2.45) is 0 Å². The lowest BCUT2D eigenvalue weighted by Gasteiger charge is -2.28. The number of thioether (sulfide) groups is 1. The van der Waals surface area contributed by atoms with Crippen molar-refractivity contribution in [3.05, 3.63) is 0 Å². The first-order valence-electron chi connectivity index (χ1n) is 3.33. The van der Waals surface area contributed by atoms with Crippen LogP contribution >= 0.6 is 34.4 Å². The molecule has 0 radical (unpaired) electrons. The Bertz CT molecular complexity index is 126. The summed E-state index contributed by atoms with van der Waals surface area (Å²) in [6.07, 6.45) is 2.78. The van der Waals surface area contributed by atoms with E-state index in [9.17, 15) is 0 Å². The van der Waals surface area contributed by atoms with Crippen molar-refractivity contribution in [3.8, 4) is 0 Å². The molecule has 2 rings (SSSR count). The van der Waals surface area contributed by atoms with Gasteiger partial charge in [-0.25, -0.2) is 0 Å². The van der Waals surface area contributed by atoms with E-state index in [0.717, 1.165) is 6.04 Å². The van der Waals surface area contributed by atoms with E-state index in [0.29, 0.717) is 3.55 Å². The molecule has 2 unspecified atom stereocenters. The zero-order chi connectivity index (χ0) is 6.32. The lowest BCUT2D eigenvalue weighted by molar-refractivity contribution is 0.574. The summed E-state index contributed by atoms with van der Waals surface area (Å²) in [6.45, 7) is 0. The summed E-state index contributed by atoms with van der Waals surface area (Å²) in [5.41, 5.74) is 0. The van der Waals surface area contributed by atoms with Crippen molar-refractivity contribution in [3.63, 3.8) is 0 Å². The molecule has 2 heterocycles. The van der Waals surface area contributed by atoms with Gasteiger partial charge >= 0.3 is 0 Å². The van der Waals surface area contributed by atoms with Gasteiger partial charge in [0.05, 0.1) is 3.55 Å². The second-order valence-electron chi connectivity index (χ2n) is 2.86. The Morgan fingerprint density at radius 1 is 1.67 bits per heavy atom. The highest BCUT2D eigenvalue weighted by Gasteiger charge is 2.39. The maximum atomic E-state index is 3.63. The summed E-state index contributed by atoms with van der Waals surface area (Å²) >= 11 is 4.67.